The van der Waals surface area contributed by atoms with Crippen molar-refractivity contribution in [3.05, 3.63) is 55.0 Å². The number of carbonyl (C=O) groups excluding carboxylic acids is 2. The second-order valence-electron chi connectivity index (χ2n) is 6.36. The molecule has 1 amide bonds. The van der Waals surface area contributed by atoms with E-state index in [-0.39, 0.29) is 16.8 Å². The van der Waals surface area contributed by atoms with Crippen LogP contribution in [0, 0.1) is 10.1 Å². The van der Waals surface area contributed by atoms with Crippen LogP contribution in [0.1, 0.15) is 49.1 Å². The molecule has 1 aromatic carbocycles. The van der Waals surface area contributed by atoms with Gasteiger partial charge in [0.2, 0.25) is 0 Å². The van der Waals surface area contributed by atoms with Crippen LogP contribution in [0.4, 0.5) is 5.69 Å². The molecular weight excluding hydrogens is 370 g/mol. The molecule has 9 heteroatoms. The van der Waals surface area contributed by atoms with E-state index < -0.39 is 16.8 Å². The standard InChI is InChI=1S/C18H19N3O5S/c1-20(10-16-19-14-5-3-4-6-15(14)27-16)17(22)11-7-12(18(23)26-2)9-13(8-11)21(24)25/h7-9H,3-6,10H2,1-2H3. The van der Waals surface area contributed by atoms with Gasteiger partial charge in [-0.05, 0) is 31.7 Å². The first-order valence-corrected chi connectivity index (χ1v) is 9.31. The van der Waals surface area contributed by atoms with Gasteiger partial charge in [-0.3, -0.25) is 14.9 Å². The Morgan fingerprint density at radius 1 is 1.26 bits per heavy atom. The molecule has 1 aliphatic carbocycles. The van der Waals surface area contributed by atoms with Gasteiger partial charge in [0.15, 0.2) is 0 Å². The van der Waals surface area contributed by atoms with E-state index in [4.69, 9.17) is 0 Å². The highest BCUT2D eigenvalue weighted by atomic mass is 32.1. The highest BCUT2D eigenvalue weighted by Crippen LogP contribution is 2.27. The maximum Gasteiger partial charge on any atom is 0.338 e. The van der Waals surface area contributed by atoms with Gasteiger partial charge in [-0.1, -0.05) is 0 Å². The number of thiazole rings is 1. The predicted octanol–water partition coefficient (Wildman–Crippen LogP) is 2.99. The summed E-state index contributed by atoms with van der Waals surface area (Å²) in [7, 11) is 2.79. The smallest absolute Gasteiger partial charge is 0.338 e. The number of amides is 1. The number of methoxy groups -OCH3 is 1. The van der Waals surface area contributed by atoms with Gasteiger partial charge in [0.05, 0.1) is 29.8 Å². The molecular formula is C18H19N3O5S. The maximum absolute atomic E-state index is 12.8. The molecule has 142 valence electrons. The van der Waals surface area contributed by atoms with Crippen molar-refractivity contribution in [1.29, 1.82) is 0 Å². The average molecular weight is 389 g/mol. The van der Waals surface area contributed by atoms with Crippen molar-refractivity contribution in [2.45, 2.75) is 32.2 Å². The number of hydrogen-bond donors (Lipinski definition) is 0. The number of aromatic nitrogens is 1. The van der Waals surface area contributed by atoms with Gasteiger partial charge in [-0.2, -0.15) is 0 Å². The number of non-ortho nitro benzene ring substituents is 1. The number of ether oxygens (including phenoxy) is 1. The Morgan fingerprint density at radius 2 is 1.96 bits per heavy atom. The van der Waals surface area contributed by atoms with Crippen LogP contribution in [0.25, 0.3) is 0 Å². The zero-order valence-corrected chi connectivity index (χ0v) is 15.9. The molecule has 1 aliphatic rings. The third kappa shape index (κ3) is 4.13. The molecule has 0 unspecified atom stereocenters. The van der Waals surface area contributed by atoms with Crippen molar-refractivity contribution in [3.63, 3.8) is 0 Å². The van der Waals surface area contributed by atoms with E-state index in [0.29, 0.717) is 6.54 Å². The fourth-order valence-corrected chi connectivity index (χ4v) is 4.25. The molecule has 0 spiro atoms. The zero-order chi connectivity index (χ0) is 19.6. The Labute approximate surface area is 159 Å². The van der Waals surface area contributed by atoms with Crippen LogP contribution in [-0.4, -0.2) is 40.8 Å². The first-order chi connectivity index (χ1) is 12.9. The molecule has 2 aromatic rings. The van der Waals surface area contributed by atoms with Crippen LogP contribution in [-0.2, 0) is 24.1 Å². The minimum atomic E-state index is -0.733. The van der Waals surface area contributed by atoms with Crippen molar-refractivity contribution in [2.24, 2.45) is 0 Å². The number of nitro benzene ring substituents is 1. The minimum Gasteiger partial charge on any atom is -0.465 e. The molecule has 0 atom stereocenters. The molecule has 1 aromatic heterocycles. The van der Waals surface area contributed by atoms with Gasteiger partial charge >= 0.3 is 5.97 Å². The summed E-state index contributed by atoms with van der Waals surface area (Å²) < 4.78 is 4.61. The SMILES string of the molecule is COC(=O)c1cc(C(=O)N(C)Cc2nc3c(s2)CCCC3)cc([N+](=O)[O-])c1. The molecule has 0 saturated heterocycles. The summed E-state index contributed by atoms with van der Waals surface area (Å²) in [4.78, 5) is 42.3. The van der Waals surface area contributed by atoms with Crippen molar-refractivity contribution >= 4 is 28.9 Å². The maximum atomic E-state index is 12.8. The molecule has 8 nitrogen and oxygen atoms in total. The van der Waals surface area contributed by atoms with Gasteiger partial charge < -0.3 is 9.64 Å². The number of esters is 1. The Bertz CT molecular complexity index is 885. The number of nitrogens with zero attached hydrogens (tertiary/aromatic N) is 3. The van der Waals surface area contributed by atoms with Crippen LogP contribution in [0.5, 0.6) is 0 Å². The lowest BCUT2D eigenvalue weighted by Crippen LogP contribution is -2.26. The lowest BCUT2D eigenvalue weighted by atomic mass is 10.0. The van der Waals surface area contributed by atoms with Crippen LogP contribution >= 0.6 is 11.3 Å². The summed E-state index contributed by atoms with van der Waals surface area (Å²) in [6.07, 6.45) is 4.29. The van der Waals surface area contributed by atoms with E-state index >= 15 is 0 Å². The van der Waals surface area contributed by atoms with E-state index in [2.05, 4.69) is 9.72 Å². The van der Waals surface area contributed by atoms with Gasteiger partial charge in [0.25, 0.3) is 11.6 Å². The van der Waals surface area contributed by atoms with Gasteiger partial charge in [-0.15, -0.1) is 11.3 Å². The summed E-state index contributed by atoms with van der Waals surface area (Å²) in [5.74, 6) is -1.15. The van der Waals surface area contributed by atoms with Crippen molar-refractivity contribution in [1.82, 2.24) is 9.88 Å². The van der Waals surface area contributed by atoms with Gasteiger partial charge in [-0.25, -0.2) is 9.78 Å². The lowest BCUT2D eigenvalue weighted by molar-refractivity contribution is -0.384. The van der Waals surface area contributed by atoms with Crippen molar-refractivity contribution in [3.8, 4) is 0 Å². The summed E-state index contributed by atoms with van der Waals surface area (Å²) >= 11 is 1.61. The van der Waals surface area contributed by atoms with Crippen LogP contribution in [0.2, 0.25) is 0 Å². The first kappa shape index (κ1) is 19.0. The minimum absolute atomic E-state index is 0.0341. The van der Waals surface area contributed by atoms with Gasteiger partial charge in [0, 0.05) is 29.6 Å². The number of nitro groups is 1. The number of fused-ring (bicyclic) bond motifs is 1. The number of rotatable bonds is 5. The predicted molar refractivity (Wildman–Crippen MR) is 99.0 cm³/mol. The summed E-state index contributed by atoms with van der Waals surface area (Å²) in [6, 6.07) is 3.57. The topological polar surface area (TPSA) is 103 Å². The number of hydrogen-bond acceptors (Lipinski definition) is 7. The Kier molecular flexibility index (Phi) is 5.50. The molecule has 0 N–H and O–H groups in total. The molecule has 3 rings (SSSR count). The third-order valence-corrected chi connectivity index (χ3v) is 5.55. The van der Waals surface area contributed by atoms with E-state index in [0.717, 1.165) is 48.5 Å². The number of benzene rings is 1. The molecule has 0 bridgehead atoms. The summed E-state index contributed by atoms with van der Waals surface area (Å²) in [6.45, 7) is 0.312. The lowest BCUT2D eigenvalue weighted by Gasteiger charge is -2.16. The highest BCUT2D eigenvalue weighted by molar-refractivity contribution is 7.11. The molecule has 1 heterocycles. The van der Waals surface area contributed by atoms with Crippen LogP contribution < -0.4 is 0 Å². The fraction of sp³-hybridized carbons (Fsp3) is 0.389. The Hall–Kier alpha value is -2.81. The summed E-state index contributed by atoms with van der Waals surface area (Å²) in [5, 5.41) is 12.0. The molecule has 0 saturated carbocycles. The van der Waals surface area contributed by atoms with Crippen LogP contribution in [0.3, 0.4) is 0 Å². The third-order valence-electron chi connectivity index (χ3n) is 4.41. The van der Waals surface area contributed by atoms with Gasteiger partial charge in [0.1, 0.15) is 5.01 Å². The number of aryl methyl sites for hydroxylation is 2. The first-order valence-electron chi connectivity index (χ1n) is 8.49. The van der Waals surface area contributed by atoms with Crippen LogP contribution in [0.15, 0.2) is 18.2 Å². The summed E-state index contributed by atoms with van der Waals surface area (Å²) in [5.41, 5.74) is 0.811. The Balaban J connectivity index is 1.83. The second kappa shape index (κ2) is 7.83. The molecule has 0 fully saturated rings. The molecule has 0 aliphatic heterocycles. The van der Waals surface area contributed by atoms with Crippen molar-refractivity contribution in [2.75, 3.05) is 14.2 Å². The Morgan fingerprint density at radius 3 is 2.63 bits per heavy atom. The fourth-order valence-electron chi connectivity index (χ4n) is 3.04. The zero-order valence-electron chi connectivity index (χ0n) is 15.1. The largest absolute Gasteiger partial charge is 0.465 e. The highest BCUT2D eigenvalue weighted by Gasteiger charge is 2.22. The monoisotopic (exact) mass is 389 g/mol. The normalized spacial score (nSPS) is 13.0. The van der Waals surface area contributed by atoms with E-state index in [1.165, 1.54) is 23.0 Å². The van der Waals surface area contributed by atoms with E-state index in [1.54, 1.807) is 18.4 Å². The van der Waals surface area contributed by atoms with Crippen molar-refractivity contribution < 1.29 is 19.2 Å². The average Bonchev–Trinajstić information content (AvgIpc) is 3.08. The number of carbonyl (C=O) groups is 2. The molecule has 27 heavy (non-hydrogen) atoms. The quantitative estimate of drug-likeness (QED) is 0.442. The van der Waals surface area contributed by atoms with E-state index in [1.807, 2.05) is 0 Å². The second-order valence-corrected chi connectivity index (χ2v) is 7.53. The van der Waals surface area contributed by atoms with E-state index in [9.17, 15) is 19.7 Å². The molecule has 0 radical (unpaired) electrons.